The van der Waals surface area contributed by atoms with Gasteiger partial charge in [-0.15, -0.1) is 0 Å². The lowest BCUT2D eigenvalue weighted by molar-refractivity contribution is -0.140. The number of carbonyl (C=O) groups is 3. The van der Waals surface area contributed by atoms with E-state index in [0.29, 0.717) is 17.1 Å². The van der Waals surface area contributed by atoms with Gasteiger partial charge in [0.1, 0.15) is 11.6 Å². The minimum atomic E-state index is -1.04. The number of allylic oxidation sites excluding steroid dienone is 1. The van der Waals surface area contributed by atoms with Crippen LogP contribution in [0.4, 0.5) is 15.9 Å². The Balaban J connectivity index is 1.96. The number of aryl methyl sites for hydroxylation is 1. The van der Waals surface area contributed by atoms with Gasteiger partial charge in [0.05, 0.1) is 18.1 Å². The Morgan fingerprint density at radius 1 is 1.34 bits per heavy atom. The van der Waals surface area contributed by atoms with E-state index in [2.05, 4.69) is 10.5 Å². The minimum Gasteiger partial charge on any atom is -0.463 e. The standard InChI is InChI=1S/C20H20FN3O5/c1-4-28-20(27)18(12(3)22-14-7-5-13(21)6-8-14)15-10-17(25)24(19(15)26)16-9-11(2)29-23-16/h5-9,15,22H,4,10H2,1-3H3/b18-12-/t15-/m1/s1. The lowest BCUT2D eigenvalue weighted by Crippen LogP contribution is -2.32. The predicted molar refractivity (Wildman–Crippen MR) is 101 cm³/mol. The minimum absolute atomic E-state index is 0.0391. The lowest BCUT2D eigenvalue weighted by Gasteiger charge is -2.17. The van der Waals surface area contributed by atoms with Crippen LogP contribution in [0.2, 0.25) is 0 Å². The highest BCUT2D eigenvalue weighted by Crippen LogP contribution is 2.33. The summed E-state index contributed by atoms with van der Waals surface area (Å²) >= 11 is 0. The molecule has 2 amide bonds. The van der Waals surface area contributed by atoms with Crippen LogP contribution in [-0.2, 0) is 19.1 Å². The molecule has 3 rings (SSSR count). The summed E-state index contributed by atoms with van der Waals surface area (Å²) in [6.07, 6.45) is -0.207. The van der Waals surface area contributed by atoms with E-state index in [9.17, 15) is 18.8 Å². The number of benzene rings is 1. The molecule has 0 aliphatic carbocycles. The van der Waals surface area contributed by atoms with Crippen LogP contribution in [0.15, 0.2) is 46.1 Å². The van der Waals surface area contributed by atoms with E-state index >= 15 is 0 Å². The van der Waals surface area contributed by atoms with Gasteiger partial charge in [-0.1, -0.05) is 5.16 Å². The number of ether oxygens (including phenoxy) is 1. The molecule has 152 valence electrons. The van der Waals surface area contributed by atoms with Crippen LogP contribution in [-0.4, -0.2) is 29.5 Å². The molecule has 0 bridgehead atoms. The molecule has 0 spiro atoms. The molecule has 1 aromatic heterocycles. The van der Waals surface area contributed by atoms with Crippen molar-refractivity contribution < 1.29 is 28.0 Å². The van der Waals surface area contributed by atoms with Crippen molar-refractivity contribution in [2.75, 3.05) is 16.8 Å². The third kappa shape index (κ3) is 4.18. The Hall–Kier alpha value is -3.49. The van der Waals surface area contributed by atoms with E-state index in [0.717, 1.165) is 4.90 Å². The predicted octanol–water partition coefficient (Wildman–Crippen LogP) is 2.95. The van der Waals surface area contributed by atoms with Crippen molar-refractivity contribution in [2.45, 2.75) is 27.2 Å². The second-order valence-corrected chi connectivity index (χ2v) is 6.51. The number of amides is 2. The molecular weight excluding hydrogens is 381 g/mol. The highest BCUT2D eigenvalue weighted by atomic mass is 19.1. The van der Waals surface area contributed by atoms with Crippen LogP contribution in [0.3, 0.4) is 0 Å². The summed E-state index contributed by atoms with van der Waals surface area (Å²) in [6.45, 7) is 4.98. The Kier molecular flexibility index (Phi) is 5.76. The van der Waals surface area contributed by atoms with Crippen molar-refractivity contribution in [3.8, 4) is 0 Å². The largest absolute Gasteiger partial charge is 0.463 e. The molecule has 1 saturated heterocycles. The fraction of sp³-hybridized carbons (Fsp3) is 0.300. The summed E-state index contributed by atoms with van der Waals surface area (Å²) in [5.41, 5.74) is 0.892. The fourth-order valence-electron chi connectivity index (χ4n) is 3.14. The van der Waals surface area contributed by atoms with Gasteiger partial charge < -0.3 is 14.6 Å². The van der Waals surface area contributed by atoms with E-state index in [4.69, 9.17) is 9.26 Å². The number of esters is 1. The van der Waals surface area contributed by atoms with Gasteiger partial charge in [0.15, 0.2) is 5.82 Å². The van der Waals surface area contributed by atoms with Crippen molar-refractivity contribution in [3.63, 3.8) is 0 Å². The van der Waals surface area contributed by atoms with Gasteiger partial charge in [0.25, 0.3) is 0 Å². The molecule has 2 aromatic rings. The molecule has 9 heteroatoms. The van der Waals surface area contributed by atoms with E-state index in [1.165, 1.54) is 30.3 Å². The molecule has 1 aliphatic rings. The summed E-state index contributed by atoms with van der Waals surface area (Å²) in [5.74, 6) is -2.71. The van der Waals surface area contributed by atoms with Crippen LogP contribution >= 0.6 is 0 Å². The number of anilines is 2. The molecule has 1 fully saturated rings. The molecule has 1 aromatic carbocycles. The SMILES string of the molecule is CCOC(=O)/C(=C(/C)Nc1ccc(F)cc1)[C@H]1CC(=O)N(c2cc(C)on2)C1=O. The number of nitrogens with one attached hydrogen (secondary N) is 1. The van der Waals surface area contributed by atoms with Crippen LogP contribution in [0, 0.1) is 18.7 Å². The van der Waals surface area contributed by atoms with E-state index < -0.39 is 29.5 Å². The molecule has 0 radical (unpaired) electrons. The molecule has 1 aliphatic heterocycles. The summed E-state index contributed by atoms with van der Waals surface area (Å²) in [6, 6.07) is 6.98. The van der Waals surface area contributed by atoms with Crippen molar-refractivity contribution in [1.29, 1.82) is 0 Å². The van der Waals surface area contributed by atoms with Crippen molar-refractivity contribution in [1.82, 2.24) is 5.16 Å². The summed E-state index contributed by atoms with van der Waals surface area (Å²) in [5, 5.41) is 6.70. The normalized spacial score (nSPS) is 17.4. The average molecular weight is 401 g/mol. The maximum absolute atomic E-state index is 13.1. The molecule has 0 saturated carbocycles. The van der Waals surface area contributed by atoms with Gasteiger partial charge in [-0.25, -0.2) is 14.1 Å². The van der Waals surface area contributed by atoms with Crippen LogP contribution in [0.1, 0.15) is 26.0 Å². The first kappa shape index (κ1) is 20.2. The monoisotopic (exact) mass is 401 g/mol. The molecule has 1 N–H and O–H groups in total. The van der Waals surface area contributed by atoms with Gasteiger partial charge in [0.2, 0.25) is 11.8 Å². The fourth-order valence-corrected chi connectivity index (χ4v) is 3.14. The first-order valence-corrected chi connectivity index (χ1v) is 9.02. The van der Waals surface area contributed by atoms with Gasteiger partial charge in [-0.05, 0) is 45.0 Å². The molecule has 2 heterocycles. The van der Waals surface area contributed by atoms with Gasteiger partial charge in [-0.2, -0.15) is 0 Å². The van der Waals surface area contributed by atoms with Crippen LogP contribution in [0.25, 0.3) is 0 Å². The highest BCUT2D eigenvalue weighted by molar-refractivity contribution is 6.23. The zero-order valence-electron chi connectivity index (χ0n) is 16.2. The number of hydrogen-bond acceptors (Lipinski definition) is 7. The average Bonchev–Trinajstić information content (AvgIpc) is 3.20. The molecular formula is C20H20FN3O5. The Morgan fingerprint density at radius 2 is 2.03 bits per heavy atom. The third-order valence-electron chi connectivity index (χ3n) is 4.42. The summed E-state index contributed by atoms with van der Waals surface area (Å²) < 4.78 is 23.2. The molecule has 8 nitrogen and oxygen atoms in total. The van der Waals surface area contributed by atoms with Crippen molar-refractivity contribution >= 4 is 29.3 Å². The number of aromatic nitrogens is 1. The third-order valence-corrected chi connectivity index (χ3v) is 4.42. The van der Waals surface area contributed by atoms with Crippen LogP contribution in [0.5, 0.6) is 0 Å². The van der Waals surface area contributed by atoms with Crippen molar-refractivity contribution in [3.05, 3.63) is 53.2 Å². The Labute approximate surface area is 166 Å². The van der Waals surface area contributed by atoms with Gasteiger partial charge in [-0.3, -0.25) is 9.59 Å². The first-order valence-electron chi connectivity index (χ1n) is 9.02. The highest BCUT2D eigenvalue weighted by Gasteiger charge is 2.45. The van der Waals surface area contributed by atoms with Crippen LogP contribution < -0.4 is 10.2 Å². The molecule has 29 heavy (non-hydrogen) atoms. The van der Waals surface area contributed by atoms with E-state index in [1.54, 1.807) is 20.8 Å². The Bertz CT molecular complexity index is 980. The quantitative estimate of drug-likeness (QED) is 0.451. The van der Waals surface area contributed by atoms with E-state index in [1.807, 2.05) is 0 Å². The second kappa shape index (κ2) is 8.26. The zero-order valence-corrected chi connectivity index (χ0v) is 16.2. The molecule has 0 unspecified atom stereocenters. The second-order valence-electron chi connectivity index (χ2n) is 6.51. The zero-order chi connectivity index (χ0) is 21.1. The lowest BCUT2D eigenvalue weighted by atomic mass is 9.95. The number of hydrogen-bond donors (Lipinski definition) is 1. The van der Waals surface area contributed by atoms with Gasteiger partial charge in [0, 0.05) is 23.9 Å². The number of carbonyl (C=O) groups excluding carboxylic acids is 3. The van der Waals surface area contributed by atoms with Gasteiger partial charge >= 0.3 is 5.97 Å². The number of rotatable bonds is 6. The number of nitrogens with zero attached hydrogens (tertiary/aromatic N) is 2. The van der Waals surface area contributed by atoms with Crippen molar-refractivity contribution in [2.24, 2.45) is 5.92 Å². The maximum atomic E-state index is 13.1. The van der Waals surface area contributed by atoms with E-state index in [-0.39, 0.29) is 24.4 Å². The smallest absolute Gasteiger partial charge is 0.336 e. The summed E-state index contributed by atoms with van der Waals surface area (Å²) in [4.78, 5) is 39.0. The molecule has 1 atom stereocenters. The topological polar surface area (TPSA) is 102 Å². The first-order chi connectivity index (χ1) is 13.8. The maximum Gasteiger partial charge on any atom is 0.336 e. The number of halogens is 1. The Morgan fingerprint density at radius 3 is 2.62 bits per heavy atom. The number of imide groups is 1. The summed E-state index contributed by atoms with van der Waals surface area (Å²) in [7, 11) is 0.